The summed E-state index contributed by atoms with van der Waals surface area (Å²) >= 11 is 0. The van der Waals surface area contributed by atoms with Crippen molar-refractivity contribution in [2.75, 3.05) is 6.54 Å². The van der Waals surface area contributed by atoms with Gasteiger partial charge in [0.15, 0.2) is 0 Å². The average Bonchev–Trinajstić information content (AvgIpc) is 3.06. The molecule has 0 amide bonds. The summed E-state index contributed by atoms with van der Waals surface area (Å²) in [5.41, 5.74) is 0.632. The predicted molar refractivity (Wildman–Crippen MR) is 60.0 cm³/mol. The van der Waals surface area contributed by atoms with Crippen LogP contribution >= 0.6 is 0 Å². The van der Waals surface area contributed by atoms with E-state index >= 15 is 0 Å². The number of rotatable bonds is 5. The lowest BCUT2D eigenvalue weighted by atomic mass is 10.2. The Bertz CT molecular complexity index is 415. The first kappa shape index (κ1) is 12.0. The van der Waals surface area contributed by atoms with Crippen LogP contribution in [0.5, 0.6) is 0 Å². The first-order chi connectivity index (χ1) is 8.19. The van der Waals surface area contributed by atoms with Gasteiger partial charge in [-0.15, -0.1) is 0 Å². The Hall–Kier alpha value is -1.47. The summed E-state index contributed by atoms with van der Waals surface area (Å²) in [6.07, 6.45) is 2.68. The van der Waals surface area contributed by atoms with Crippen molar-refractivity contribution in [2.45, 2.75) is 31.8 Å². The highest BCUT2D eigenvalue weighted by Gasteiger charge is 2.28. The highest BCUT2D eigenvalue weighted by Crippen LogP contribution is 2.28. The van der Waals surface area contributed by atoms with Gasteiger partial charge in [0.2, 0.25) is 0 Å². The van der Waals surface area contributed by atoms with E-state index in [1.807, 2.05) is 0 Å². The third kappa shape index (κ3) is 3.50. The lowest BCUT2D eigenvalue weighted by molar-refractivity contribution is 0.260. The van der Waals surface area contributed by atoms with Crippen molar-refractivity contribution in [1.29, 1.82) is 5.26 Å². The molecule has 0 aliphatic heterocycles. The molecule has 2 nitrogen and oxygen atoms in total. The number of nitrogens with zero attached hydrogens (tertiary/aromatic N) is 2. The van der Waals surface area contributed by atoms with Crippen LogP contribution < -0.4 is 0 Å². The summed E-state index contributed by atoms with van der Waals surface area (Å²) in [6.45, 7) is 1.18. The molecule has 2 rings (SSSR count). The molecule has 0 aromatic heterocycles. The fourth-order valence-corrected chi connectivity index (χ4v) is 1.96. The minimum absolute atomic E-state index is 0.453. The highest BCUT2D eigenvalue weighted by molar-refractivity contribution is 5.18. The lowest BCUT2D eigenvalue weighted by Gasteiger charge is -2.20. The number of benzene rings is 1. The Morgan fingerprint density at radius 1 is 1.24 bits per heavy atom. The predicted octanol–water partition coefficient (Wildman–Crippen LogP) is 2.84. The van der Waals surface area contributed by atoms with Crippen molar-refractivity contribution in [2.24, 2.45) is 0 Å². The van der Waals surface area contributed by atoms with E-state index in [1.165, 1.54) is 12.1 Å². The van der Waals surface area contributed by atoms with Crippen LogP contribution in [0.3, 0.4) is 0 Å². The Morgan fingerprint density at radius 2 is 1.88 bits per heavy atom. The van der Waals surface area contributed by atoms with E-state index in [1.54, 1.807) is 0 Å². The minimum Gasteiger partial charge on any atom is -0.295 e. The first-order valence-corrected chi connectivity index (χ1v) is 5.75. The molecule has 90 valence electrons. The van der Waals surface area contributed by atoms with Crippen LogP contribution in [-0.4, -0.2) is 17.5 Å². The van der Waals surface area contributed by atoms with Crippen LogP contribution in [0.25, 0.3) is 0 Å². The van der Waals surface area contributed by atoms with Crippen LogP contribution in [0.1, 0.15) is 24.8 Å². The lowest BCUT2D eigenvalue weighted by Crippen LogP contribution is -2.26. The van der Waals surface area contributed by atoms with Gasteiger partial charge in [-0.1, -0.05) is 0 Å². The van der Waals surface area contributed by atoms with Crippen molar-refractivity contribution in [3.63, 3.8) is 0 Å². The van der Waals surface area contributed by atoms with Gasteiger partial charge in [0.25, 0.3) is 0 Å². The molecule has 0 bridgehead atoms. The molecule has 0 unspecified atom stereocenters. The second-order valence-electron chi connectivity index (χ2n) is 4.39. The summed E-state index contributed by atoms with van der Waals surface area (Å²) < 4.78 is 26.1. The molecule has 4 heteroatoms. The second kappa shape index (κ2) is 5.24. The molecule has 0 spiro atoms. The van der Waals surface area contributed by atoms with Crippen molar-refractivity contribution in [3.05, 3.63) is 35.4 Å². The Morgan fingerprint density at radius 3 is 2.41 bits per heavy atom. The SMILES string of the molecule is N#CCCN(Cc1cc(F)cc(F)c1)C1CC1. The van der Waals surface area contributed by atoms with E-state index in [-0.39, 0.29) is 0 Å². The zero-order valence-corrected chi connectivity index (χ0v) is 9.50. The topological polar surface area (TPSA) is 27.0 Å². The maximum Gasteiger partial charge on any atom is 0.126 e. The van der Waals surface area contributed by atoms with E-state index in [0.29, 0.717) is 31.1 Å². The fourth-order valence-electron chi connectivity index (χ4n) is 1.96. The summed E-state index contributed by atoms with van der Waals surface area (Å²) in [5, 5.41) is 8.57. The third-order valence-electron chi connectivity index (χ3n) is 2.88. The molecule has 1 aromatic carbocycles. The van der Waals surface area contributed by atoms with Crippen molar-refractivity contribution in [1.82, 2.24) is 4.90 Å². The van der Waals surface area contributed by atoms with Crippen LogP contribution in [0.15, 0.2) is 18.2 Å². The Labute approximate surface area is 99.5 Å². The second-order valence-corrected chi connectivity index (χ2v) is 4.39. The summed E-state index contributed by atoms with van der Waals surface area (Å²) in [6, 6.07) is 6.16. The summed E-state index contributed by atoms with van der Waals surface area (Å²) in [7, 11) is 0. The van der Waals surface area contributed by atoms with Crippen molar-refractivity contribution < 1.29 is 8.78 Å². The first-order valence-electron chi connectivity index (χ1n) is 5.75. The largest absolute Gasteiger partial charge is 0.295 e. The minimum atomic E-state index is -0.545. The maximum atomic E-state index is 13.0. The van der Waals surface area contributed by atoms with Gasteiger partial charge < -0.3 is 0 Å². The van der Waals surface area contributed by atoms with E-state index < -0.39 is 11.6 Å². The number of hydrogen-bond acceptors (Lipinski definition) is 2. The number of nitriles is 1. The molecule has 0 atom stereocenters. The van der Waals surface area contributed by atoms with Gasteiger partial charge in [0.05, 0.1) is 6.07 Å². The smallest absolute Gasteiger partial charge is 0.126 e. The highest BCUT2D eigenvalue weighted by atomic mass is 19.1. The van der Waals surface area contributed by atoms with Crippen molar-refractivity contribution in [3.8, 4) is 6.07 Å². The van der Waals surface area contributed by atoms with Crippen molar-refractivity contribution >= 4 is 0 Å². The fraction of sp³-hybridized carbons (Fsp3) is 0.462. The third-order valence-corrected chi connectivity index (χ3v) is 2.88. The average molecular weight is 236 g/mol. The molecule has 0 N–H and O–H groups in total. The molecule has 1 fully saturated rings. The Kier molecular flexibility index (Phi) is 3.70. The standard InChI is InChI=1S/C13H14F2N2/c14-11-6-10(7-12(15)8-11)9-17(5-1-4-16)13-2-3-13/h6-8,13H,1-3,5,9H2. The molecular formula is C13H14F2N2. The van der Waals surface area contributed by atoms with Gasteiger partial charge >= 0.3 is 0 Å². The van der Waals surface area contributed by atoms with Gasteiger partial charge in [0.1, 0.15) is 11.6 Å². The van der Waals surface area contributed by atoms with Gasteiger partial charge in [-0.05, 0) is 30.5 Å². The van der Waals surface area contributed by atoms with Gasteiger partial charge in [-0.2, -0.15) is 5.26 Å². The quantitative estimate of drug-likeness (QED) is 0.786. The van der Waals surface area contributed by atoms with Gasteiger partial charge in [0, 0.05) is 31.6 Å². The summed E-state index contributed by atoms with van der Waals surface area (Å²) in [4.78, 5) is 2.12. The van der Waals surface area contributed by atoms with E-state index in [2.05, 4.69) is 11.0 Å². The molecule has 0 radical (unpaired) electrons. The molecule has 0 heterocycles. The molecular weight excluding hydrogens is 222 g/mol. The van der Waals surface area contributed by atoms with Gasteiger partial charge in [-0.3, -0.25) is 4.90 Å². The van der Waals surface area contributed by atoms with Gasteiger partial charge in [-0.25, -0.2) is 8.78 Å². The normalized spacial score (nSPS) is 14.9. The van der Waals surface area contributed by atoms with E-state index in [4.69, 9.17) is 5.26 Å². The zero-order valence-electron chi connectivity index (χ0n) is 9.50. The van der Waals surface area contributed by atoms with Crippen LogP contribution in [0.2, 0.25) is 0 Å². The molecule has 1 aromatic rings. The van der Waals surface area contributed by atoms with E-state index in [0.717, 1.165) is 18.9 Å². The molecule has 0 saturated heterocycles. The number of hydrogen-bond donors (Lipinski definition) is 0. The van der Waals surface area contributed by atoms with E-state index in [9.17, 15) is 8.78 Å². The summed E-state index contributed by atoms with van der Waals surface area (Å²) in [5.74, 6) is -1.09. The Balaban J connectivity index is 2.03. The molecule has 1 aliphatic carbocycles. The van der Waals surface area contributed by atoms with Crippen LogP contribution in [-0.2, 0) is 6.54 Å². The maximum absolute atomic E-state index is 13.0. The number of halogens is 2. The monoisotopic (exact) mass is 236 g/mol. The van der Waals surface area contributed by atoms with Crippen LogP contribution in [0, 0.1) is 23.0 Å². The van der Waals surface area contributed by atoms with Crippen LogP contribution in [0.4, 0.5) is 8.78 Å². The molecule has 1 aliphatic rings. The zero-order chi connectivity index (χ0) is 12.3. The molecule has 1 saturated carbocycles. The molecule has 17 heavy (non-hydrogen) atoms.